The number of allylic oxidation sites excluding steroid dienone is 2. The SMILES string of the molecule is CCCc1ccc(C2CCC(/C=C/CCc3ccc(C4CO4)c(F)c3F)CC2)c(F)c1F. The van der Waals surface area contributed by atoms with E-state index in [0.29, 0.717) is 54.0 Å². The Balaban J connectivity index is 1.27. The lowest BCUT2D eigenvalue weighted by atomic mass is 9.78. The van der Waals surface area contributed by atoms with Gasteiger partial charge in [-0.15, -0.1) is 0 Å². The molecule has 1 saturated heterocycles. The maximum absolute atomic E-state index is 14.6. The second-order valence-electron chi connectivity index (χ2n) is 9.03. The van der Waals surface area contributed by atoms with Crippen molar-refractivity contribution >= 4 is 0 Å². The van der Waals surface area contributed by atoms with Gasteiger partial charge in [-0.1, -0.05) is 49.8 Å². The van der Waals surface area contributed by atoms with E-state index in [0.717, 1.165) is 32.1 Å². The minimum Gasteiger partial charge on any atom is -0.368 e. The first-order chi connectivity index (χ1) is 15.5. The van der Waals surface area contributed by atoms with Gasteiger partial charge in [-0.3, -0.25) is 0 Å². The number of halogens is 4. The molecule has 32 heavy (non-hydrogen) atoms. The van der Waals surface area contributed by atoms with E-state index in [2.05, 4.69) is 6.08 Å². The third kappa shape index (κ3) is 5.09. The zero-order valence-corrected chi connectivity index (χ0v) is 18.5. The smallest absolute Gasteiger partial charge is 0.164 e. The summed E-state index contributed by atoms with van der Waals surface area (Å²) in [6.45, 7) is 2.40. The summed E-state index contributed by atoms with van der Waals surface area (Å²) >= 11 is 0. The summed E-state index contributed by atoms with van der Waals surface area (Å²) in [7, 11) is 0. The number of epoxide rings is 1. The van der Waals surface area contributed by atoms with Crippen LogP contribution in [0.2, 0.25) is 0 Å². The predicted molar refractivity (Wildman–Crippen MR) is 118 cm³/mol. The van der Waals surface area contributed by atoms with Crippen molar-refractivity contribution in [3.8, 4) is 0 Å². The molecular weight excluding hydrogens is 416 g/mol. The molecule has 0 amide bonds. The molecule has 2 fully saturated rings. The van der Waals surface area contributed by atoms with Gasteiger partial charge in [-0.25, -0.2) is 17.6 Å². The van der Waals surface area contributed by atoms with Gasteiger partial charge in [0.1, 0.15) is 6.10 Å². The molecule has 0 aromatic heterocycles. The van der Waals surface area contributed by atoms with E-state index in [4.69, 9.17) is 4.74 Å². The minimum atomic E-state index is -0.793. The van der Waals surface area contributed by atoms with Crippen molar-refractivity contribution in [2.75, 3.05) is 6.61 Å². The summed E-state index contributed by atoms with van der Waals surface area (Å²) in [5.74, 6) is -2.49. The summed E-state index contributed by atoms with van der Waals surface area (Å²) in [5, 5.41) is 0. The van der Waals surface area contributed by atoms with Crippen LogP contribution >= 0.6 is 0 Å². The first-order valence-electron chi connectivity index (χ1n) is 11.7. The minimum absolute atomic E-state index is 0.0517. The van der Waals surface area contributed by atoms with Crippen LogP contribution in [-0.4, -0.2) is 6.61 Å². The second-order valence-corrected chi connectivity index (χ2v) is 9.03. The molecule has 1 atom stereocenters. The highest BCUT2D eigenvalue weighted by atomic mass is 19.2. The maximum Gasteiger partial charge on any atom is 0.164 e. The van der Waals surface area contributed by atoms with Gasteiger partial charge < -0.3 is 4.74 Å². The number of ether oxygens (including phenoxy) is 1. The van der Waals surface area contributed by atoms with Gasteiger partial charge in [-0.2, -0.15) is 0 Å². The number of rotatable bonds is 8. The number of hydrogen-bond donors (Lipinski definition) is 0. The molecule has 2 aliphatic rings. The Morgan fingerprint density at radius 1 is 0.812 bits per heavy atom. The zero-order valence-electron chi connectivity index (χ0n) is 18.5. The number of aryl methyl sites for hydroxylation is 2. The van der Waals surface area contributed by atoms with Crippen molar-refractivity contribution < 1.29 is 22.3 Å². The van der Waals surface area contributed by atoms with E-state index in [-0.39, 0.29) is 12.0 Å². The first kappa shape index (κ1) is 23.0. The highest BCUT2D eigenvalue weighted by Crippen LogP contribution is 2.38. The Morgan fingerprint density at radius 2 is 1.41 bits per heavy atom. The quantitative estimate of drug-likeness (QED) is 0.230. The molecule has 1 saturated carbocycles. The van der Waals surface area contributed by atoms with Crippen LogP contribution in [0.1, 0.15) is 79.7 Å². The molecule has 5 heteroatoms. The van der Waals surface area contributed by atoms with Crippen molar-refractivity contribution in [2.45, 2.75) is 70.3 Å². The summed E-state index contributed by atoms with van der Waals surface area (Å²) in [4.78, 5) is 0. The van der Waals surface area contributed by atoms with Crippen LogP contribution in [0.3, 0.4) is 0 Å². The Morgan fingerprint density at radius 3 is 2.03 bits per heavy atom. The van der Waals surface area contributed by atoms with Gasteiger partial charge >= 0.3 is 0 Å². The normalized spacial score (nSPS) is 23.1. The van der Waals surface area contributed by atoms with Crippen molar-refractivity contribution in [3.63, 3.8) is 0 Å². The summed E-state index contributed by atoms with van der Waals surface area (Å²) < 4.78 is 62.3. The van der Waals surface area contributed by atoms with Crippen LogP contribution in [0, 0.1) is 29.2 Å². The van der Waals surface area contributed by atoms with Crippen LogP contribution in [0.4, 0.5) is 17.6 Å². The average Bonchev–Trinajstić information content (AvgIpc) is 3.63. The van der Waals surface area contributed by atoms with E-state index >= 15 is 0 Å². The average molecular weight is 447 g/mol. The summed E-state index contributed by atoms with van der Waals surface area (Å²) in [6.07, 6.45) is 9.75. The molecule has 2 aromatic rings. The highest BCUT2D eigenvalue weighted by molar-refractivity contribution is 5.31. The number of hydrogen-bond acceptors (Lipinski definition) is 1. The predicted octanol–water partition coefficient (Wildman–Crippen LogP) is 7.73. The van der Waals surface area contributed by atoms with Gasteiger partial charge in [0.15, 0.2) is 23.3 Å². The van der Waals surface area contributed by atoms with Crippen molar-refractivity contribution in [1.82, 2.24) is 0 Å². The van der Waals surface area contributed by atoms with E-state index in [1.807, 2.05) is 13.0 Å². The Hall–Kier alpha value is -2.14. The van der Waals surface area contributed by atoms with Gasteiger partial charge in [0.2, 0.25) is 0 Å². The molecular formula is C27H30F4O. The van der Waals surface area contributed by atoms with Crippen molar-refractivity contribution in [2.24, 2.45) is 5.92 Å². The van der Waals surface area contributed by atoms with Crippen LogP contribution in [0.15, 0.2) is 36.4 Å². The third-order valence-corrected chi connectivity index (χ3v) is 6.78. The molecule has 0 radical (unpaired) electrons. The fourth-order valence-corrected chi connectivity index (χ4v) is 4.81. The Labute approximate surface area is 187 Å². The number of benzene rings is 2. The maximum atomic E-state index is 14.6. The van der Waals surface area contributed by atoms with Crippen LogP contribution in [-0.2, 0) is 17.6 Å². The molecule has 1 heterocycles. The monoisotopic (exact) mass is 446 g/mol. The van der Waals surface area contributed by atoms with Crippen LogP contribution < -0.4 is 0 Å². The largest absolute Gasteiger partial charge is 0.368 e. The lowest BCUT2D eigenvalue weighted by molar-refractivity contribution is 0.363. The highest BCUT2D eigenvalue weighted by Gasteiger charge is 2.30. The fraction of sp³-hybridized carbons (Fsp3) is 0.481. The summed E-state index contributed by atoms with van der Waals surface area (Å²) in [6, 6.07) is 6.76. The lowest BCUT2D eigenvalue weighted by Gasteiger charge is -2.27. The Kier molecular flexibility index (Phi) is 7.34. The third-order valence-electron chi connectivity index (χ3n) is 6.78. The van der Waals surface area contributed by atoms with E-state index in [1.54, 1.807) is 24.3 Å². The molecule has 0 N–H and O–H groups in total. The molecule has 1 aliphatic carbocycles. The molecule has 1 aliphatic heterocycles. The van der Waals surface area contributed by atoms with Gasteiger partial charge in [0.05, 0.1) is 6.61 Å². The zero-order chi connectivity index (χ0) is 22.7. The van der Waals surface area contributed by atoms with Crippen LogP contribution in [0.25, 0.3) is 0 Å². The first-order valence-corrected chi connectivity index (χ1v) is 11.7. The topological polar surface area (TPSA) is 12.5 Å². The van der Waals surface area contributed by atoms with Gasteiger partial charge in [0, 0.05) is 5.56 Å². The molecule has 172 valence electrons. The lowest BCUT2D eigenvalue weighted by Crippen LogP contribution is -2.14. The molecule has 1 unspecified atom stereocenters. The van der Waals surface area contributed by atoms with Gasteiger partial charge in [0.25, 0.3) is 0 Å². The van der Waals surface area contributed by atoms with E-state index in [9.17, 15) is 17.6 Å². The fourth-order valence-electron chi connectivity index (χ4n) is 4.81. The van der Waals surface area contributed by atoms with Crippen LogP contribution in [0.5, 0.6) is 0 Å². The Bertz CT molecular complexity index is 972. The molecule has 4 rings (SSSR count). The summed E-state index contributed by atoms with van der Waals surface area (Å²) in [5.41, 5.74) is 1.64. The van der Waals surface area contributed by atoms with Crippen molar-refractivity contribution in [3.05, 3.63) is 81.9 Å². The molecule has 2 aromatic carbocycles. The molecule has 0 bridgehead atoms. The second kappa shape index (κ2) is 10.2. The molecule has 0 spiro atoms. The molecule has 1 nitrogen and oxygen atoms in total. The standard InChI is InChI=1S/C27H30F4O/c1-2-5-19-12-14-21(26(30)24(19)28)18-10-8-17(9-11-18)6-3-4-7-20-13-15-22(23-16-32-23)27(31)25(20)29/h3,6,12-15,17-18,23H,2,4-5,7-11,16H2,1H3/b6-3+. The van der Waals surface area contributed by atoms with E-state index in [1.165, 1.54) is 0 Å². The van der Waals surface area contributed by atoms with E-state index < -0.39 is 23.3 Å². The van der Waals surface area contributed by atoms with Crippen molar-refractivity contribution in [1.29, 1.82) is 0 Å². The van der Waals surface area contributed by atoms with Gasteiger partial charge in [-0.05, 0) is 73.5 Å².